The van der Waals surface area contributed by atoms with Crippen molar-refractivity contribution in [3.8, 4) is 17.0 Å². The fourth-order valence-electron chi connectivity index (χ4n) is 1.84. The van der Waals surface area contributed by atoms with Crippen LogP contribution in [0, 0.1) is 0 Å². The Morgan fingerprint density at radius 2 is 2.12 bits per heavy atom. The van der Waals surface area contributed by atoms with E-state index in [9.17, 15) is 5.11 Å². The molecular formula is C12H10N4O. The van der Waals surface area contributed by atoms with E-state index in [1.54, 1.807) is 24.4 Å². The summed E-state index contributed by atoms with van der Waals surface area (Å²) >= 11 is 0. The number of phenols is 1. The standard InChI is InChI=1S/C12H10N4O/c13-12-14-4-3-11(16-12)9-6-15-10-2-1-7(17)5-8(9)10/h1-6,15,17H,(H2,13,14,16). The van der Waals surface area contributed by atoms with Crippen molar-refractivity contribution in [1.29, 1.82) is 0 Å². The lowest BCUT2D eigenvalue weighted by atomic mass is 10.1. The molecule has 5 heteroatoms. The predicted octanol–water partition coefficient (Wildman–Crippen LogP) is 1.91. The monoisotopic (exact) mass is 226 g/mol. The summed E-state index contributed by atoms with van der Waals surface area (Å²) in [7, 11) is 0. The largest absolute Gasteiger partial charge is 0.508 e. The molecule has 0 fully saturated rings. The Balaban J connectivity index is 2.27. The molecule has 5 nitrogen and oxygen atoms in total. The van der Waals surface area contributed by atoms with Gasteiger partial charge in [-0.15, -0.1) is 0 Å². The highest BCUT2D eigenvalue weighted by Gasteiger charge is 2.08. The van der Waals surface area contributed by atoms with Crippen LogP contribution in [-0.2, 0) is 0 Å². The Kier molecular flexibility index (Phi) is 1.98. The molecule has 0 aliphatic carbocycles. The minimum absolute atomic E-state index is 0.223. The molecule has 0 radical (unpaired) electrons. The Hall–Kier alpha value is -2.56. The van der Waals surface area contributed by atoms with Crippen LogP contribution < -0.4 is 5.73 Å². The Morgan fingerprint density at radius 3 is 2.94 bits per heavy atom. The summed E-state index contributed by atoms with van der Waals surface area (Å²) in [6.45, 7) is 0. The molecule has 0 aliphatic rings. The van der Waals surface area contributed by atoms with Crippen LogP contribution in [0.2, 0.25) is 0 Å². The number of benzene rings is 1. The van der Waals surface area contributed by atoms with E-state index in [0.717, 1.165) is 22.2 Å². The first kappa shape index (κ1) is 9.65. The number of fused-ring (bicyclic) bond motifs is 1. The number of H-pyrrole nitrogens is 1. The molecule has 0 amide bonds. The molecule has 0 unspecified atom stereocenters. The SMILES string of the molecule is Nc1nccc(-c2c[nH]c3ccc(O)cc23)n1. The Labute approximate surface area is 97.0 Å². The molecule has 84 valence electrons. The number of anilines is 1. The second-order valence-electron chi connectivity index (χ2n) is 3.73. The van der Waals surface area contributed by atoms with Gasteiger partial charge in [-0.3, -0.25) is 0 Å². The maximum absolute atomic E-state index is 9.50. The van der Waals surface area contributed by atoms with Crippen molar-refractivity contribution in [2.24, 2.45) is 0 Å². The van der Waals surface area contributed by atoms with E-state index in [-0.39, 0.29) is 11.7 Å². The van der Waals surface area contributed by atoms with Gasteiger partial charge < -0.3 is 15.8 Å². The van der Waals surface area contributed by atoms with Gasteiger partial charge in [0.05, 0.1) is 5.69 Å². The van der Waals surface area contributed by atoms with Gasteiger partial charge in [0.2, 0.25) is 5.95 Å². The molecule has 0 saturated carbocycles. The molecule has 0 bridgehead atoms. The molecule has 3 aromatic rings. The topological polar surface area (TPSA) is 87.8 Å². The summed E-state index contributed by atoms with van der Waals surface area (Å²) in [6.07, 6.45) is 3.45. The number of hydrogen-bond donors (Lipinski definition) is 3. The molecule has 0 spiro atoms. The Morgan fingerprint density at radius 1 is 1.24 bits per heavy atom. The molecule has 3 rings (SSSR count). The predicted molar refractivity (Wildman–Crippen MR) is 65.4 cm³/mol. The second kappa shape index (κ2) is 3.48. The van der Waals surface area contributed by atoms with Gasteiger partial charge in [-0.25, -0.2) is 9.97 Å². The number of hydrogen-bond acceptors (Lipinski definition) is 4. The maximum atomic E-state index is 9.50. The number of nitrogens with zero attached hydrogens (tertiary/aromatic N) is 2. The van der Waals surface area contributed by atoms with Gasteiger partial charge in [0.15, 0.2) is 0 Å². The zero-order chi connectivity index (χ0) is 11.8. The van der Waals surface area contributed by atoms with Gasteiger partial charge in [-0.2, -0.15) is 0 Å². The number of aromatic hydroxyl groups is 1. The normalized spacial score (nSPS) is 10.8. The number of rotatable bonds is 1. The van der Waals surface area contributed by atoms with Crippen LogP contribution in [0.25, 0.3) is 22.2 Å². The van der Waals surface area contributed by atoms with Crippen molar-refractivity contribution >= 4 is 16.9 Å². The Bertz CT molecular complexity index is 690. The van der Waals surface area contributed by atoms with E-state index < -0.39 is 0 Å². The van der Waals surface area contributed by atoms with Crippen LogP contribution in [0.1, 0.15) is 0 Å². The molecular weight excluding hydrogens is 216 g/mol. The lowest BCUT2D eigenvalue weighted by Gasteiger charge is -1.99. The molecule has 2 heterocycles. The maximum Gasteiger partial charge on any atom is 0.220 e. The minimum Gasteiger partial charge on any atom is -0.508 e. The van der Waals surface area contributed by atoms with Crippen LogP contribution in [0.15, 0.2) is 36.7 Å². The average molecular weight is 226 g/mol. The molecule has 0 aliphatic heterocycles. The molecule has 1 aromatic carbocycles. The van der Waals surface area contributed by atoms with Gasteiger partial charge in [0, 0.05) is 28.9 Å². The zero-order valence-electron chi connectivity index (χ0n) is 8.88. The highest BCUT2D eigenvalue weighted by molar-refractivity contribution is 5.95. The van der Waals surface area contributed by atoms with Crippen molar-refractivity contribution in [3.05, 3.63) is 36.7 Å². The fraction of sp³-hybridized carbons (Fsp3) is 0. The molecule has 17 heavy (non-hydrogen) atoms. The summed E-state index contributed by atoms with van der Waals surface area (Å²) in [5, 5.41) is 10.4. The van der Waals surface area contributed by atoms with Crippen molar-refractivity contribution in [1.82, 2.24) is 15.0 Å². The number of phenolic OH excluding ortho intramolecular Hbond substituents is 1. The van der Waals surface area contributed by atoms with E-state index in [0.29, 0.717) is 0 Å². The molecule has 2 aromatic heterocycles. The number of nitrogen functional groups attached to an aromatic ring is 1. The van der Waals surface area contributed by atoms with E-state index in [2.05, 4.69) is 15.0 Å². The van der Waals surface area contributed by atoms with Crippen molar-refractivity contribution in [2.75, 3.05) is 5.73 Å². The summed E-state index contributed by atoms with van der Waals surface area (Å²) in [5.41, 5.74) is 8.12. The number of aromatic nitrogens is 3. The van der Waals surface area contributed by atoms with E-state index in [4.69, 9.17) is 5.73 Å². The smallest absolute Gasteiger partial charge is 0.220 e. The lowest BCUT2D eigenvalue weighted by Crippen LogP contribution is -1.94. The minimum atomic E-state index is 0.223. The van der Waals surface area contributed by atoms with Gasteiger partial charge in [0.25, 0.3) is 0 Å². The second-order valence-corrected chi connectivity index (χ2v) is 3.73. The van der Waals surface area contributed by atoms with Crippen LogP contribution >= 0.6 is 0 Å². The summed E-state index contributed by atoms with van der Waals surface area (Å²) in [5.74, 6) is 0.456. The van der Waals surface area contributed by atoms with E-state index >= 15 is 0 Å². The van der Waals surface area contributed by atoms with Crippen LogP contribution in [-0.4, -0.2) is 20.1 Å². The average Bonchev–Trinajstić information content (AvgIpc) is 2.71. The fourth-order valence-corrected chi connectivity index (χ4v) is 1.84. The van der Waals surface area contributed by atoms with Gasteiger partial charge in [0.1, 0.15) is 5.75 Å². The van der Waals surface area contributed by atoms with Crippen molar-refractivity contribution in [3.63, 3.8) is 0 Å². The quantitative estimate of drug-likeness (QED) is 0.591. The third kappa shape index (κ3) is 1.57. The molecule has 0 saturated heterocycles. The first-order valence-electron chi connectivity index (χ1n) is 5.13. The first-order valence-corrected chi connectivity index (χ1v) is 5.13. The van der Waals surface area contributed by atoms with Crippen LogP contribution in [0.5, 0.6) is 5.75 Å². The van der Waals surface area contributed by atoms with Gasteiger partial charge in [-0.05, 0) is 24.3 Å². The summed E-state index contributed by atoms with van der Waals surface area (Å²) < 4.78 is 0. The number of nitrogens with one attached hydrogen (secondary N) is 1. The number of nitrogens with two attached hydrogens (primary N) is 1. The first-order chi connectivity index (χ1) is 8.24. The van der Waals surface area contributed by atoms with Crippen molar-refractivity contribution in [2.45, 2.75) is 0 Å². The molecule has 4 N–H and O–H groups in total. The van der Waals surface area contributed by atoms with E-state index in [1.165, 1.54) is 0 Å². The molecule has 0 atom stereocenters. The highest BCUT2D eigenvalue weighted by Crippen LogP contribution is 2.29. The van der Waals surface area contributed by atoms with Crippen molar-refractivity contribution < 1.29 is 5.11 Å². The van der Waals surface area contributed by atoms with E-state index in [1.807, 2.05) is 12.3 Å². The van der Waals surface area contributed by atoms with Gasteiger partial charge in [-0.1, -0.05) is 0 Å². The third-order valence-corrected chi connectivity index (χ3v) is 2.62. The van der Waals surface area contributed by atoms with Crippen LogP contribution in [0.3, 0.4) is 0 Å². The third-order valence-electron chi connectivity index (χ3n) is 2.62. The van der Waals surface area contributed by atoms with Gasteiger partial charge >= 0.3 is 0 Å². The summed E-state index contributed by atoms with van der Waals surface area (Å²) in [6, 6.07) is 6.93. The highest BCUT2D eigenvalue weighted by atomic mass is 16.3. The zero-order valence-corrected chi connectivity index (χ0v) is 8.88. The summed E-state index contributed by atoms with van der Waals surface area (Å²) in [4.78, 5) is 11.1. The number of aromatic amines is 1. The lowest BCUT2D eigenvalue weighted by molar-refractivity contribution is 0.476. The van der Waals surface area contributed by atoms with Crippen LogP contribution in [0.4, 0.5) is 5.95 Å².